The van der Waals surface area contributed by atoms with Crippen molar-refractivity contribution in [2.45, 2.75) is 36.6 Å². The summed E-state index contributed by atoms with van der Waals surface area (Å²) >= 11 is 0. The van der Waals surface area contributed by atoms with Crippen molar-refractivity contribution in [2.75, 3.05) is 27.2 Å². The summed E-state index contributed by atoms with van der Waals surface area (Å²) in [7, 11) is 0.0487. The fraction of sp³-hybridized carbons (Fsp3) is 0.600. The second-order valence-corrected chi connectivity index (χ2v) is 7.22. The zero-order valence-electron chi connectivity index (χ0n) is 12.7. The Bertz CT molecular complexity index is 543. The number of hydrogen-bond donors (Lipinski definition) is 1. The molecule has 0 bridgehead atoms. The van der Waals surface area contributed by atoms with Gasteiger partial charge in [-0.25, -0.2) is 8.42 Å². The van der Waals surface area contributed by atoms with Gasteiger partial charge in [-0.2, -0.15) is 4.31 Å². The average Bonchev–Trinajstić information content (AvgIpc) is 2.53. The summed E-state index contributed by atoms with van der Waals surface area (Å²) in [6.07, 6.45) is 3.83. The van der Waals surface area contributed by atoms with Crippen LogP contribution in [0.1, 0.15) is 25.7 Å². The highest BCUT2D eigenvalue weighted by Crippen LogP contribution is 2.27. The molecule has 1 aliphatic rings. The number of benzene rings is 1. The monoisotopic (exact) mass is 312 g/mol. The predicted molar refractivity (Wildman–Crippen MR) is 83.1 cm³/mol. The van der Waals surface area contributed by atoms with Crippen LogP contribution in [0.25, 0.3) is 0 Å². The molecule has 2 rings (SSSR count). The maximum absolute atomic E-state index is 12.8. The van der Waals surface area contributed by atoms with Crippen LogP contribution in [-0.4, -0.2) is 46.0 Å². The van der Waals surface area contributed by atoms with Gasteiger partial charge in [-0.05, 0) is 57.1 Å². The van der Waals surface area contributed by atoms with Gasteiger partial charge >= 0.3 is 0 Å². The fourth-order valence-electron chi connectivity index (χ4n) is 2.77. The molecule has 1 N–H and O–H groups in total. The number of sulfonamides is 1. The van der Waals surface area contributed by atoms with Gasteiger partial charge in [0.25, 0.3) is 0 Å². The Morgan fingerprint density at radius 1 is 1.29 bits per heavy atom. The Balaban J connectivity index is 2.22. The minimum Gasteiger partial charge on any atom is -0.497 e. The van der Waals surface area contributed by atoms with Gasteiger partial charge in [-0.3, -0.25) is 0 Å². The van der Waals surface area contributed by atoms with E-state index in [1.165, 1.54) is 0 Å². The van der Waals surface area contributed by atoms with E-state index in [1.54, 1.807) is 35.7 Å². The summed E-state index contributed by atoms with van der Waals surface area (Å²) in [6, 6.07) is 6.73. The first-order chi connectivity index (χ1) is 10.1. The third-order valence-corrected chi connectivity index (χ3v) is 5.93. The summed E-state index contributed by atoms with van der Waals surface area (Å²) < 4.78 is 32.4. The van der Waals surface area contributed by atoms with E-state index in [2.05, 4.69) is 5.32 Å². The molecule has 21 heavy (non-hydrogen) atoms. The summed E-state index contributed by atoms with van der Waals surface area (Å²) in [5.41, 5.74) is 0. The molecule has 5 nitrogen and oxygen atoms in total. The van der Waals surface area contributed by atoms with Gasteiger partial charge in [0.05, 0.1) is 12.0 Å². The quantitative estimate of drug-likeness (QED) is 0.871. The van der Waals surface area contributed by atoms with Crippen molar-refractivity contribution in [1.29, 1.82) is 0 Å². The smallest absolute Gasteiger partial charge is 0.243 e. The molecule has 0 spiro atoms. The summed E-state index contributed by atoms with van der Waals surface area (Å²) in [5, 5.41) is 3.10. The number of nitrogens with one attached hydrogen (secondary N) is 1. The highest BCUT2D eigenvalue weighted by Gasteiger charge is 2.32. The van der Waals surface area contributed by atoms with Crippen LogP contribution in [-0.2, 0) is 10.0 Å². The highest BCUT2D eigenvalue weighted by atomic mass is 32.2. The van der Waals surface area contributed by atoms with Crippen LogP contribution < -0.4 is 10.1 Å². The van der Waals surface area contributed by atoms with Gasteiger partial charge in [0.1, 0.15) is 5.75 Å². The SMILES string of the molecule is CNCCC1CCCCN1S(=O)(=O)c1ccc(OC)cc1. The van der Waals surface area contributed by atoms with Crippen molar-refractivity contribution in [3.63, 3.8) is 0 Å². The van der Waals surface area contributed by atoms with E-state index >= 15 is 0 Å². The average molecular weight is 312 g/mol. The topological polar surface area (TPSA) is 58.6 Å². The molecule has 1 atom stereocenters. The molecule has 6 heteroatoms. The number of methoxy groups -OCH3 is 1. The predicted octanol–water partition coefficient (Wildman–Crippen LogP) is 1.85. The van der Waals surface area contributed by atoms with Gasteiger partial charge in [0.15, 0.2) is 0 Å². The molecule has 0 aromatic heterocycles. The maximum Gasteiger partial charge on any atom is 0.243 e. The molecular formula is C15H24N2O3S. The van der Waals surface area contributed by atoms with Gasteiger partial charge in [-0.1, -0.05) is 6.42 Å². The molecule has 0 amide bonds. The first-order valence-electron chi connectivity index (χ1n) is 7.40. The molecule has 1 aliphatic heterocycles. The van der Waals surface area contributed by atoms with Crippen LogP contribution in [0.5, 0.6) is 5.75 Å². The number of piperidine rings is 1. The first kappa shape index (κ1) is 16.3. The Labute approximate surface area is 127 Å². The largest absolute Gasteiger partial charge is 0.497 e. The first-order valence-corrected chi connectivity index (χ1v) is 8.84. The lowest BCUT2D eigenvalue weighted by atomic mass is 10.0. The van der Waals surface area contributed by atoms with E-state index < -0.39 is 10.0 Å². The molecule has 1 aromatic carbocycles. The van der Waals surface area contributed by atoms with Crippen LogP contribution in [0.4, 0.5) is 0 Å². The van der Waals surface area contributed by atoms with Crippen LogP contribution >= 0.6 is 0 Å². The molecule has 1 fully saturated rings. The van der Waals surface area contributed by atoms with Gasteiger partial charge < -0.3 is 10.1 Å². The Hall–Kier alpha value is -1.11. The Morgan fingerprint density at radius 3 is 2.62 bits per heavy atom. The molecule has 118 valence electrons. The molecule has 1 heterocycles. The lowest BCUT2D eigenvalue weighted by Gasteiger charge is -2.34. The number of nitrogens with zero attached hydrogens (tertiary/aromatic N) is 1. The number of hydrogen-bond acceptors (Lipinski definition) is 4. The van der Waals surface area contributed by atoms with Crippen molar-refractivity contribution < 1.29 is 13.2 Å². The normalized spacial score (nSPS) is 20.4. The van der Waals surface area contributed by atoms with Gasteiger partial charge in [0, 0.05) is 12.6 Å². The zero-order chi connectivity index (χ0) is 15.3. The standard InChI is InChI=1S/C15H24N2O3S/c1-16-11-10-13-5-3-4-12-17(13)21(18,19)15-8-6-14(20-2)7-9-15/h6-9,13,16H,3-5,10-12H2,1-2H3. The third kappa shape index (κ3) is 3.75. The van der Waals surface area contributed by atoms with Crippen LogP contribution in [0.3, 0.4) is 0 Å². The van der Waals surface area contributed by atoms with Gasteiger partial charge in [-0.15, -0.1) is 0 Å². The van der Waals surface area contributed by atoms with Crippen LogP contribution in [0.2, 0.25) is 0 Å². The molecule has 1 saturated heterocycles. The molecule has 0 aliphatic carbocycles. The molecular weight excluding hydrogens is 288 g/mol. The Kier molecular flexibility index (Phi) is 5.61. The van der Waals surface area contributed by atoms with E-state index in [1.807, 2.05) is 7.05 Å². The second kappa shape index (κ2) is 7.24. The van der Waals surface area contributed by atoms with Crippen molar-refractivity contribution >= 4 is 10.0 Å². The molecule has 1 unspecified atom stereocenters. The summed E-state index contributed by atoms with van der Waals surface area (Å²) in [5.74, 6) is 0.666. The molecule has 0 saturated carbocycles. The fourth-order valence-corrected chi connectivity index (χ4v) is 4.50. The van der Waals surface area contributed by atoms with Gasteiger partial charge in [0.2, 0.25) is 10.0 Å². The van der Waals surface area contributed by atoms with E-state index in [4.69, 9.17) is 4.74 Å². The lowest BCUT2D eigenvalue weighted by molar-refractivity contribution is 0.240. The second-order valence-electron chi connectivity index (χ2n) is 5.33. The van der Waals surface area contributed by atoms with Crippen molar-refractivity contribution in [3.05, 3.63) is 24.3 Å². The number of ether oxygens (including phenoxy) is 1. The molecule has 0 radical (unpaired) electrons. The van der Waals surface area contributed by atoms with Crippen LogP contribution in [0.15, 0.2) is 29.2 Å². The number of rotatable bonds is 6. The minimum absolute atomic E-state index is 0.0956. The highest BCUT2D eigenvalue weighted by molar-refractivity contribution is 7.89. The molecule has 1 aromatic rings. The van der Waals surface area contributed by atoms with Crippen LogP contribution in [0, 0.1) is 0 Å². The van der Waals surface area contributed by atoms with E-state index in [0.717, 1.165) is 32.2 Å². The minimum atomic E-state index is -3.42. The van der Waals surface area contributed by atoms with Crippen molar-refractivity contribution in [1.82, 2.24) is 9.62 Å². The van der Waals surface area contributed by atoms with E-state index in [-0.39, 0.29) is 6.04 Å². The zero-order valence-corrected chi connectivity index (χ0v) is 13.5. The van der Waals surface area contributed by atoms with Crippen molar-refractivity contribution in [3.8, 4) is 5.75 Å². The van der Waals surface area contributed by atoms with E-state index in [9.17, 15) is 8.42 Å². The lowest BCUT2D eigenvalue weighted by Crippen LogP contribution is -2.44. The Morgan fingerprint density at radius 2 is 2.00 bits per heavy atom. The van der Waals surface area contributed by atoms with E-state index in [0.29, 0.717) is 17.2 Å². The third-order valence-electron chi connectivity index (χ3n) is 3.97. The summed E-state index contributed by atoms with van der Waals surface area (Å²) in [4.78, 5) is 0.347. The summed E-state index contributed by atoms with van der Waals surface area (Å²) in [6.45, 7) is 1.45. The maximum atomic E-state index is 12.8. The van der Waals surface area contributed by atoms with Crippen molar-refractivity contribution in [2.24, 2.45) is 0 Å².